The number of hydrogen-bond donors (Lipinski definition) is 3. The first kappa shape index (κ1) is 15.4. The van der Waals surface area contributed by atoms with Gasteiger partial charge >= 0.3 is 5.97 Å². The Bertz CT molecular complexity index is 499. The van der Waals surface area contributed by atoms with Crippen molar-refractivity contribution in [2.24, 2.45) is 11.8 Å². The molecule has 1 fully saturated rings. The van der Waals surface area contributed by atoms with Crippen molar-refractivity contribution in [1.82, 2.24) is 5.32 Å². The van der Waals surface area contributed by atoms with Gasteiger partial charge in [0, 0.05) is 18.7 Å². The van der Waals surface area contributed by atoms with E-state index in [4.69, 9.17) is 10.8 Å². The van der Waals surface area contributed by atoms with Gasteiger partial charge < -0.3 is 16.2 Å². The average Bonchev–Trinajstić information content (AvgIpc) is 2.93. The van der Waals surface area contributed by atoms with Crippen LogP contribution in [-0.2, 0) is 16.0 Å². The summed E-state index contributed by atoms with van der Waals surface area (Å²) in [6.07, 6.45) is 3.62. The highest BCUT2D eigenvalue weighted by atomic mass is 16.4. The second kappa shape index (κ2) is 7.11. The summed E-state index contributed by atoms with van der Waals surface area (Å²) in [4.78, 5) is 22.9. The summed E-state index contributed by atoms with van der Waals surface area (Å²) in [5.41, 5.74) is 7.40. The zero-order valence-corrected chi connectivity index (χ0v) is 12.0. The van der Waals surface area contributed by atoms with Crippen molar-refractivity contribution in [2.45, 2.75) is 32.1 Å². The van der Waals surface area contributed by atoms with E-state index >= 15 is 0 Å². The van der Waals surface area contributed by atoms with E-state index in [1.807, 2.05) is 24.3 Å². The van der Waals surface area contributed by atoms with Crippen LogP contribution in [0.4, 0.5) is 5.69 Å². The van der Waals surface area contributed by atoms with E-state index in [0.29, 0.717) is 25.1 Å². The maximum atomic E-state index is 11.8. The SMILES string of the molecule is Nc1ccc(CCC(=O)NCC2CCCC2C(=O)O)cc1. The van der Waals surface area contributed by atoms with Crippen molar-refractivity contribution in [1.29, 1.82) is 0 Å². The molecular weight excluding hydrogens is 268 g/mol. The molecule has 0 radical (unpaired) electrons. The van der Waals surface area contributed by atoms with Gasteiger partial charge in [0.25, 0.3) is 0 Å². The topological polar surface area (TPSA) is 92.4 Å². The minimum Gasteiger partial charge on any atom is -0.481 e. The first-order valence-electron chi connectivity index (χ1n) is 7.40. The number of carboxylic acids is 1. The maximum absolute atomic E-state index is 11.8. The van der Waals surface area contributed by atoms with Crippen LogP contribution in [-0.4, -0.2) is 23.5 Å². The molecule has 1 aliphatic rings. The minimum absolute atomic E-state index is 0.0251. The van der Waals surface area contributed by atoms with E-state index in [1.54, 1.807) is 0 Å². The number of amides is 1. The fraction of sp³-hybridized carbons (Fsp3) is 0.500. The average molecular weight is 290 g/mol. The van der Waals surface area contributed by atoms with Crippen LogP contribution in [0, 0.1) is 11.8 Å². The highest BCUT2D eigenvalue weighted by Gasteiger charge is 2.32. The Morgan fingerprint density at radius 2 is 1.95 bits per heavy atom. The maximum Gasteiger partial charge on any atom is 0.306 e. The second-order valence-electron chi connectivity index (χ2n) is 5.68. The fourth-order valence-corrected chi connectivity index (χ4v) is 2.88. The zero-order chi connectivity index (χ0) is 15.2. The summed E-state index contributed by atoms with van der Waals surface area (Å²) in [6.45, 7) is 0.470. The molecule has 0 aromatic heterocycles. The normalized spacial score (nSPS) is 21.1. The molecule has 2 rings (SSSR count). The second-order valence-corrected chi connectivity index (χ2v) is 5.68. The Morgan fingerprint density at radius 3 is 2.62 bits per heavy atom. The van der Waals surface area contributed by atoms with E-state index < -0.39 is 5.97 Å². The van der Waals surface area contributed by atoms with Crippen LogP contribution >= 0.6 is 0 Å². The Balaban J connectivity index is 1.72. The third kappa shape index (κ3) is 4.48. The minimum atomic E-state index is -0.742. The number of nitrogen functional groups attached to an aromatic ring is 1. The summed E-state index contributed by atoms with van der Waals surface area (Å²) >= 11 is 0. The molecule has 2 atom stereocenters. The molecule has 114 valence electrons. The summed E-state index contributed by atoms with van der Waals surface area (Å²) in [7, 11) is 0. The van der Waals surface area contributed by atoms with Crippen LogP contribution in [0.25, 0.3) is 0 Å². The lowest BCUT2D eigenvalue weighted by molar-refractivity contribution is -0.143. The monoisotopic (exact) mass is 290 g/mol. The van der Waals surface area contributed by atoms with Gasteiger partial charge in [-0.3, -0.25) is 9.59 Å². The number of carbonyl (C=O) groups excluding carboxylic acids is 1. The number of hydrogen-bond acceptors (Lipinski definition) is 3. The van der Waals surface area contributed by atoms with Crippen molar-refractivity contribution in [3.63, 3.8) is 0 Å². The Kier molecular flexibility index (Phi) is 5.20. The summed E-state index contributed by atoms with van der Waals surface area (Å²) in [5.74, 6) is -0.998. The van der Waals surface area contributed by atoms with Gasteiger partial charge in [0.1, 0.15) is 0 Å². The smallest absolute Gasteiger partial charge is 0.306 e. The first-order valence-corrected chi connectivity index (χ1v) is 7.40. The number of nitrogens with one attached hydrogen (secondary N) is 1. The Labute approximate surface area is 124 Å². The molecule has 1 aromatic rings. The summed E-state index contributed by atoms with van der Waals surface area (Å²) < 4.78 is 0. The van der Waals surface area contributed by atoms with E-state index in [9.17, 15) is 9.59 Å². The van der Waals surface area contributed by atoms with Crippen molar-refractivity contribution in [3.8, 4) is 0 Å². The van der Waals surface area contributed by atoms with Gasteiger partial charge in [-0.1, -0.05) is 18.6 Å². The number of rotatable bonds is 6. The standard InChI is InChI=1S/C16H22N2O3/c17-13-7-4-11(5-8-13)6-9-15(19)18-10-12-2-1-3-14(12)16(20)21/h4-5,7-8,12,14H,1-3,6,9-10,17H2,(H,18,19)(H,20,21). The van der Waals surface area contributed by atoms with Gasteiger partial charge in [0.05, 0.1) is 5.92 Å². The van der Waals surface area contributed by atoms with Gasteiger partial charge in [-0.2, -0.15) is 0 Å². The molecule has 5 nitrogen and oxygen atoms in total. The lowest BCUT2D eigenvalue weighted by Crippen LogP contribution is -2.33. The molecule has 4 N–H and O–H groups in total. The van der Waals surface area contributed by atoms with Crippen molar-refractivity contribution in [3.05, 3.63) is 29.8 Å². The molecule has 0 heterocycles. The third-order valence-corrected chi connectivity index (χ3v) is 4.16. The summed E-state index contributed by atoms with van der Waals surface area (Å²) in [6, 6.07) is 7.48. The number of nitrogens with two attached hydrogens (primary N) is 1. The predicted molar refractivity (Wildman–Crippen MR) is 80.7 cm³/mol. The highest BCUT2D eigenvalue weighted by molar-refractivity contribution is 5.76. The molecule has 0 bridgehead atoms. The quantitative estimate of drug-likeness (QED) is 0.697. The van der Waals surface area contributed by atoms with Gasteiger partial charge in [0.15, 0.2) is 0 Å². The van der Waals surface area contributed by atoms with Crippen LogP contribution < -0.4 is 11.1 Å². The molecule has 0 saturated heterocycles. The predicted octanol–water partition coefficient (Wildman–Crippen LogP) is 1.82. The number of aliphatic carboxylic acids is 1. The largest absolute Gasteiger partial charge is 0.481 e. The summed E-state index contributed by atoms with van der Waals surface area (Å²) in [5, 5.41) is 12.0. The number of carboxylic acid groups (broad SMARTS) is 1. The molecule has 5 heteroatoms. The molecule has 1 amide bonds. The number of benzene rings is 1. The van der Waals surface area contributed by atoms with Crippen LogP contribution in [0.5, 0.6) is 0 Å². The van der Waals surface area contributed by atoms with E-state index in [0.717, 1.165) is 24.8 Å². The highest BCUT2D eigenvalue weighted by Crippen LogP contribution is 2.31. The van der Waals surface area contributed by atoms with Crippen molar-refractivity contribution in [2.75, 3.05) is 12.3 Å². The molecule has 0 aliphatic heterocycles. The van der Waals surface area contributed by atoms with E-state index in [-0.39, 0.29) is 17.7 Å². The Morgan fingerprint density at radius 1 is 1.24 bits per heavy atom. The molecule has 1 saturated carbocycles. The lowest BCUT2D eigenvalue weighted by atomic mass is 9.96. The number of aryl methyl sites for hydroxylation is 1. The van der Waals surface area contributed by atoms with Gasteiger partial charge in [0.2, 0.25) is 5.91 Å². The van der Waals surface area contributed by atoms with Crippen molar-refractivity contribution < 1.29 is 14.7 Å². The van der Waals surface area contributed by atoms with Crippen LogP contribution in [0.2, 0.25) is 0 Å². The zero-order valence-electron chi connectivity index (χ0n) is 12.0. The molecular formula is C16H22N2O3. The molecule has 21 heavy (non-hydrogen) atoms. The third-order valence-electron chi connectivity index (χ3n) is 4.16. The van der Waals surface area contributed by atoms with Gasteiger partial charge in [-0.25, -0.2) is 0 Å². The number of carbonyl (C=O) groups is 2. The van der Waals surface area contributed by atoms with Crippen LogP contribution in [0.3, 0.4) is 0 Å². The molecule has 1 aromatic carbocycles. The molecule has 2 unspecified atom stereocenters. The van der Waals surface area contributed by atoms with Gasteiger partial charge in [-0.15, -0.1) is 0 Å². The lowest BCUT2D eigenvalue weighted by Gasteiger charge is -2.16. The van der Waals surface area contributed by atoms with E-state index in [1.165, 1.54) is 0 Å². The first-order chi connectivity index (χ1) is 10.1. The molecule has 0 spiro atoms. The van der Waals surface area contributed by atoms with Crippen LogP contribution in [0.15, 0.2) is 24.3 Å². The van der Waals surface area contributed by atoms with Crippen molar-refractivity contribution >= 4 is 17.6 Å². The Hall–Kier alpha value is -2.04. The number of anilines is 1. The fourth-order valence-electron chi connectivity index (χ4n) is 2.88. The van der Waals surface area contributed by atoms with Gasteiger partial charge in [-0.05, 0) is 42.9 Å². The van der Waals surface area contributed by atoms with Crippen LogP contribution in [0.1, 0.15) is 31.2 Å². The molecule has 1 aliphatic carbocycles. The van der Waals surface area contributed by atoms with E-state index in [2.05, 4.69) is 5.32 Å².